The Hall–Kier alpha value is -4.55. The van der Waals surface area contributed by atoms with E-state index in [9.17, 15) is 19.2 Å². The highest BCUT2D eigenvalue weighted by atomic mass is 16.5. The van der Waals surface area contributed by atoms with Crippen molar-refractivity contribution in [2.24, 2.45) is 0 Å². The number of rotatable bonds is 5. The summed E-state index contributed by atoms with van der Waals surface area (Å²) < 4.78 is 6.43. The molecular formula is C21H20N8O5. The number of nitrogens with zero attached hydrogens (tertiary/aromatic N) is 5. The molecule has 34 heavy (non-hydrogen) atoms. The molecule has 3 N–H and O–H groups in total. The van der Waals surface area contributed by atoms with Crippen LogP contribution in [0.3, 0.4) is 0 Å². The quantitative estimate of drug-likeness (QED) is 0.463. The Morgan fingerprint density at radius 3 is 2.88 bits per heavy atom. The molecule has 2 aliphatic rings. The molecule has 0 radical (unpaired) electrons. The number of fused-ring (bicyclic) bond motifs is 1. The fourth-order valence-corrected chi connectivity index (χ4v) is 3.97. The summed E-state index contributed by atoms with van der Waals surface area (Å²) in [6, 6.07) is 5.69. The van der Waals surface area contributed by atoms with Gasteiger partial charge in [0.1, 0.15) is 17.5 Å². The maximum Gasteiger partial charge on any atom is 0.320 e. The smallest absolute Gasteiger partial charge is 0.320 e. The van der Waals surface area contributed by atoms with Gasteiger partial charge in [-0.2, -0.15) is 0 Å². The first kappa shape index (κ1) is 21.3. The van der Waals surface area contributed by atoms with Crippen molar-refractivity contribution < 1.29 is 23.7 Å². The lowest BCUT2D eigenvalue weighted by Gasteiger charge is -2.29. The van der Waals surface area contributed by atoms with Crippen LogP contribution < -0.4 is 16.0 Å². The summed E-state index contributed by atoms with van der Waals surface area (Å²) in [5.74, 6) is -0.135. The number of benzene rings is 1. The zero-order chi connectivity index (χ0) is 23.8. The van der Waals surface area contributed by atoms with Crippen molar-refractivity contribution in [3.05, 3.63) is 53.0 Å². The molecule has 1 unspecified atom stereocenters. The number of imide groups is 1. The van der Waals surface area contributed by atoms with Gasteiger partial charge in [-0.05, 0) is 37.1 Å². The average molecular weight is 464 g/mol. The number of urea groups is 1. The zero-order valence-corrected chi connectivity index (χ0v) is 18.1. The number of nitrogens with one attached hydrogen (secondary N) is 3. The fourth-order valence-electron chi connectivity index (χ4n) is 3.97. The van der Waals surface area contributed by atoms with Gasteiger partial charge < -0.3 is 14.7 Å². The number of piperidine rings is 1. The Balaban J connectivity index is 1.24. The van der Waals surface area contributed by atoms with Crippen molar-refractivity contribution in [1.82, 2.24) is 35.7 Å². The van der Waals surface area contributed by atoms with E-state index in [1.165, 1.54) is 9.58 Å². The maximum atomic E-state index is 12.8. The van der Waals surface area contributed by atoms with E-state index in [0.29, 0.717) is 34.9 Å². The summed E-state index contributed by atoms with van der Waals surface area (Å²) in [7, 11) is 0. The van der Waals surface area contributed by atoms with Gasteiger partial charge in [-0.1, -0.05) is 10.4 Å². The molecule has 4 heterocycles. The summed E-state index contributed by atoms with van der Waals surface area (Å²) in [6.07, 6.45) is 2.17. The monoisotopic (exact) mass is 464 g/mol. The minimum absolute atomic E-state index is 0.134. The first-order chi connectivity index (χ1) is 16.4. The van der Waals surface area contributed by atoms with Gasteiger partial charge >= 0.3 is 6.03 Å². The SMILES string of the molecule is Cc1cc(NC(=O)NCc2cn(-c3ccc4c(c3)CN(C3CCC(=O)NC3=O)C4=O)nn2)no1. The van der Waals surface area contributed by atoms with Crippen LogP contribution in [0.15, 0.2) is 35.0 Å². The lowest BCUT2D eigenvalue weighted by atomic mass is 10.0. The van der Waals surface area contributed by atoms with Gasteiger partial charge in [0.2, 0.25) is 11.8 Å². The van der Waals surface area contributed by atoms with E-state index in [2.05, 4.69) is 31.4 Å². The summed E-state index contributed by atoms with van der Waals surface area (Å²) >= 11 is 0. The first-order valence-corrected chi connectivity index (χ1v) is 10.5. The van der Waals surface area contributed by atoms with Gasteiger partial charge in [-0.3, -0.25) is 25.0 Å². The van der Waals surface area contributed by atoms with Crippen LogP contribution in [0.25, 0.3) is 5.69 Å². The number of hydrogen-bond acceptors (Lipinski definition) is 8. The van der Waals surface area contributed by atoms with Crippen LogP contribution in [0.1, 0.15) is 40.2 Å². The van der Waals surface area contributed by atoms with E-state index in [-0.39, 0.29) is 31.3 Å². The van der Waals surface area contributed by atoms with Crippen LogP contribution in [-0.4, -0.2) is 54.8 Å². The highest BCUT2D eigenvalue weighted by Gasteiger charge is 2.39. The molecule has 1 saturated heterocycles. The van der Waals surface area contributed by atoms with Crippen molar-refractivity contribution in [1.29, 1.82) is 0 Å². The van der Waals surface area contributed by atoms with Gasteiger partial charge in [-0.25, -0.2) is 9.48 Å². The Kier molecular flexibility index (Phi) is 5.28. The minimum Gasteiger partial charge on any atom is -0.360 e. The Morgan fingerprint density at radius 2 is 2.12 bits per heavy atom. The fraction of sp³-hybridized carbons (Fsp3) is 0.286. The largest absolute Gasteiger partial charge is 0.360 e. The van der Waals surface area contributed by atoms with Crippen molar-refractivity contribution in [3.8, 4) is 5.69 Å². The summed E-state index contributed by atoms with van der Waals surface area (Å²) in [6.45, 7) is 2.12. The van der Waals surface area contributed by atoms with Crippen LogP contribution in [0.5, 0.6) is 0 Å². The molecule has 0 bridgehead atoms. The molecule has 13 heteroatoms. The minimum atomic E-state index is -0.669. The lowest BCUT2D eigenvalue weighted by Crippen LogP contribution is -2.52. The van der Waals surface area contributed by atoms with Gasteiger partial charge in [0.05, 0.1) is 18.4 Å². The average Bonchev–Trinajstić information content (AvgIpc) is 3.52. The lowest BCUT2D eigenvalue weighted by molar-refractivity contribution is -0.136. The summed E-state index contributed by atoms with van der Waals surface area (Å²) in [5, 5.41) is 19.3. The van der Waals surface area contributed by atoms with Gasteiger partial charge in [0, 0.05) is 24.6 Å². The number of aromatic nitrogens is 4. The van der Waals surface area contributed by atoms with Crippen LogP contribution in [0.2, 0.25) is 0 Å². The maximum absolute atomic E-state index is 12.8. The third-order valence-corrected chi connectivity index (χ3v) is 5.61. The van der Waals surface area contributed by atoms with Crippen LogP contribution in [-0.2, 0) is 22.7 Å². The van der Waals surface area contributed by atoms with Gasteiger partial charge in [0.15, 0.2) is 5.82 Å². The van der Waals surface area contributed by atoms with Crippen molar-refractivity contribution in [3.63, 3.8) is 0 Å². The van der Waals surface area contributed by atoms with Crippen molar-refractivity contribution >= 4 is 29.6 Å². The molecule has 2 aromatic heterocycles. The van der Waals surface area contributed by atoms with E-state index in [4.69, 9.17) is 4.52 Å². The number of hydrogen-bond donors (Lipinski definition) is 3. The molecule has 1 atom stereocenters. The molecule has 5 amide bonds. The summed E-state index contributed by atoms with van der Waals surface area (Å²) in [4.78, 5) is 49.9. The van der Waals surface area contributed by atoms with Crippen molar-refractivity contribution in [2.75, 3.05) is 5.32 Å². The molecule has 1 aromatic carbocycles. The van der Waals surface area contributed by atoms with E-state index in [0.717, 1.165) is 5.56 Å². The van der Waals surface area contributed by atoms with E-state index in [1.807, 2.05) is 6.07 Å². The third-order valence-electron chi connectivity index (χ3n) is 5.61. The number of amides is 5. The van der Waals surface area contributed by atoms with E-state index >= 15 is 0 Å². The van der Waals surface area contributed by atoms with Gasteiger partial charge in [-0.15, -0.1) is 5.10 Å². The molecule has 1 fully saturated rings. The molecule has 2 aliphatic heterocycles. The number of anilines is 1. The summed E-state index contributed by atoms with van der Waals surface area (Å²) in [5.41, 5.74) is 2.46. The Labute approximate surface area is 192 Å². The molecular weight excluding hydrogens is 444 g/mol. The highest BCUT2D eigenvalue weighted by Crippen LogP contribution is 2.29. The molecule has 0 aliphatic carbocycles. The first-order valence-electron chi connectivity index (χ1n) is 10.5. The molecule has 0 saturated carbocycles. The molecule has 5 rings (SSSR count). The normalized spacial score (nSPS) is 17.5. The molecule has 3 aromatic rings. The second kappa shape index (κ2) is 8.42. The topological polar surface area (TPSA) is 164 Å². The van der Waals surface area contributed by atoms with Crippen molar-refractivity contribution in [2.45, 2.75) is 38.9 Å². The van der Waals surface area contributed by atoms with E-state index in [1.54, 1.807) is 31.3 Å². The van der Waals surface area contributed by atoms with Gasteiger partial charge in [0.25, 0.3) is 5.91 Å². The molecule has 174 valence electrons. The number of carbonyl (C=O) groups excluding carboxylic acids is 4. The molecule has 0 spiro atoms. The Bertz CT molecular complexity index is 1310. The van der Waals surface area contributed by atoms with Crippen LogP contribution in [0.4, 0.5) is 10.6 Å². The Morgan fingerprint density at radius 1 is 1.26 bits per heavy atom. The second-order valence-electron chi connectivity index (χ2n) is 8.03. The predicted octanol–water partition coefficient (Wildman–Crippen LogP) is 0.646. The molecule has 13 nitrogen and oxygen atoms in total. The number of carbonyl (C=O) groups is 4. The van der Waals surface area contributed by atoms with Crippen LogP contribution >= 0.6 is 0 Å². The van der Waals surface area contributed by atoms with E-state index < -0.39 is 18.0 Å². The number of aryl methyl sites for hydroxylation is 1. The standard InChI is InChI=1S/C21H20N8O5/c1-11-6-17(26-34-11)23-21(33)22-8-13-10-29(27-25-13)14-2-3-15-12(7-14)9-28(20(15)32)16-4-5-18(30)24-19(16)31/h2-3,6-7,10,16H,4-5,8-9H2,1H3,(H,24,30,31)(H2,22,23,26,33). The third kappa shape index (κ3) is 4.10. The highest BCUT2D eigenvalue weighted by molar-refractivity contribution is 6.05. The van der Waals surface area contributed by atoms with Crippen LogP contribution in [0, 0.1) is 6.92 Å². The second-order valence-corrected chi connectivity index (χ2v) is 8.03. The predicted molar refractivity (Wildman–Crippen MR) is 115 cm³/mol. The zero-order valence-electron chi connectivity index (χ0n) is 18.1.